The number of halogens is 3. The fourth-order valence-electron chi connectivity index (χ4n) is 3.73. The van der Waals surface area contributed by atoms with Crippen molar-refractivity contribution < 1.29 is 22.7 Å². The van der Waals surface area contributed by atoms with E-state index >= 15 is 0 Å². The van der Waals surface area contributed by atoms with Crippen LogP contribution in [0.5, 0.6) is 5.75 Å². The normalized spacial score (nSPS) is 13.3. The smallest absolute Gasteiger partial charge is 0.406 e. The maximum atomic E-state index is 12.4. The second-order valence-corrected chi connectivity index (χ2v) is 7.45. The maximum Gasteiger partial charge on any atom is 0.573 e. The molecule has 3 aromatic rings. The van der Waals surface area contributed by atoms with Crippen molar-refractivity contribution in [3.8, 4) is 17.0 Å². The molecule has 0 atom stereocenters. The zero-order valence-electron chi connectivity index (χ0n) is 16.3. The number of carbonyl (C=O) groups is 1. The molecule has 0 aliphatic carbocycles. The molecule has 156 valence electrons. The van der Waals surface area contributed by atoms with Crippen molar-refractivity contribution in [2.24, 2.45) is 0 Å². The van der Waals surface area contributed by atoms with Crippen LogP contribution in [0.2, 0.25) is 0 Å². The molecule has 1 aliphatic heterocycles. The first kappa shape index (κ1) is 20.2. The van der Waals surface area contributed by atoms with Gasteiger partial charge in [-0.3, -0.25) is 4.79 Å². The Hall–Kier alpha value is -3.09. The minimum Gasteiger partial charge on any atom is -0.406 e. The first-order valence-electron chi connectivity index (χ1n) is 9.87. The van der Waals surface area contributed by atoms with Crippen molar-refractivity contribution in [2.75, 3.05) is 0 Å². The summed E-state index contributed by atoms with van der Waals surface area (Å²) < 4.78 is 43.1. The SMILES string of the molecule is O=C(CCc1cccc(-c2cn3c(n2)CCC3)c1)Cc1cccc(OC(F)(F)F)c1. The summed E-state index contributed by atoms with van der Waals surface area (Å²) in [6, 6.07) is 13.5. The van der Waals surface area contributed by atoms with Crippen LogP contribution in [0.25, 0.3) is 11.3 Å². The van der Waals surface area contributed by atoms with Gasteiger partial charge in [-0.1, -0.05) is 30.3 Å². The van der Waals surface area contributed by atoms with E-state index in [4.69, 9.17) is 4.98 Å². The number of carbonyl (C=O) groups excluding carboxylic acids is 1. The third kappa shape index (κ3) is 5.09. The molecular weight excluding hydrogens is 393 g/mol. The largest absolute Gasteiger partial charge is 0.573 e. The number of rotatable bonds is 7. The molecule has 2 heterocycles. The van der Waals surface area contributed by atoms with Gasteiger partial charge in [-0.2, -0.15) is 0 Å². The predicted molar refractivity (Wildman–Crippen MR) is 106 cm³/mol. The Balaban J connectivity index is 1.36. The van der Waals surface area contributed by atoms with Gasteiger partial charge in [0.2, 0.25) is 0 Å². The lowest BCUT2D eigenvalue weighted by molar-refractivity contribution is -0.274. The van der Waals surface area contributed by atoms with E-state index in [-0.39, 0.29) is 18.0 Å². The number of nitrogens with zero attached hydrogens (tertiary/aromatic N) is 2. The molecule has 0 spiro atoms. The second-order valence-electron chi connectivity index (χ2n) is 7.45. The Morgan fingerprint density at radius 1 is 1.10 bits per heavy atom. The van der Waals surface area contributed by atoms with Crippen LogP contribution >= 0.6 is 0 Å². The van der Waals surface area contributed by atoms with Crippen LogP contribution in [0.15, 0.2) is 54.7 Å². The summed E-state index contributed by atoms with van der Waals surface area (Å²) in [5, 5.41) is 0. The molecule has 1 aromatic heterocycles. The highest BCUT2D eigenvalue weighted by atomic mass is 19.4. The summed E-state index contributed by atoms with van der Waals surface area (Å²) in [5.41, 5.74) is 3.50. The van der Waals surface area contributed by atoms with Gasteiger partial charge in [0.15, 0.2) is 0 Å². The fraction of sp³-hybridized carbons (Fsp3) is 0.304. The highest BCUT2D eigenvalue weighted by molar-refractivity contribution is 5.81. The molecule has 30 heavy (non-hydrogen) atoms. The predicted octanol–water partition coefficient (Wildman–Crippen LogP) is 5.14. The van der Waals surface area contributed by atoms with Crippen LogP contribution in [0.3, 0.4) is 0 Å². The summed E-state index contributed by atoms with van der Waals surface area (Å²) in [4.78, 5) is 17.0. The van der Waals surface area contributed by atoms with E-state index in [0.717, 1.165) is 42.0 Å². The number of Topliss-reactive ketones (excluding diaryl/α,β-unsaturated/α-hetero) is 1. The maximum absolute atomic E-state index is 12.4. The van der Waals surface area contributed by atoms with E-state index in [2.05, 4.69) is 15.5 Å². The highest BCUT2D eigenvalue weighted by Crippen LogP contribution is 2.25. The van der Waals surface area contributed by atoms with Crippen molar-refractivity contribution in [2.45, 2.75) is 45.0 Å². The number of fused-ring (bicyclic) bond motifs is 1. The Morgan fingerprint density at radius 3 is 2.70 bits per heavy atom. The lowest BCUT2D eigenvalue weighted by atomic mass is 10.0. The highest BCUT2D eigenvalue weighted by Gasteiger charge is 2.31. The number of alkyl halides is 3. The van der Waals surface area contributed by atoms with Crippen molar-refractivity contribution in [3.05, 3.63) is 71.7 Å². The van der Waals surface area contributed by atoms with Gasteiger partial charge in [0.05, 0.1) is 5.69 Å². The molecule has 7 heteroatoms. The first-order chi connectivity index (χ1) is 14.4. The van der Waals surface area contributed by atoms with Gasteiger partial charge in [0, 0.05) is 37.6 Å². The van der Waals surface area contributed by atoms with Crippen LogP contribution in [-0.4, -0.2) is 21.7 Å². The first-order valence-corrected chi connectivity index (χ1v) is 9.87. The number of hydrogen-bond acceptors (Lipinski definition) is 3. The van der Waals surface area contributed by atoms with Crippen molar-refractivity contribution in [3.63, 3.8) is 0 Å². The summed E-state index contributed by atoms with van der Waals surface area (Å²) in [6.07, 6.45) is 0.417. The van der Waals surface area contributed by atoms with Crippen LogP contribution in [0.1, 0.15) is 29.8 Å². The lowest BCUT2D eigenvalue weighted by Crippen LogP contribution is -2.17. The summed E-state index contributed by atoms with van der Waals surface area (Å²) >= 11 is 0. The lowest BCUT2D eigenvalue weighted by Gasteiger charge is -2.10. The number of hydrogen-bond donors (Lipinski definition) is 0. The molecule has 0 saturated carbocycles. The van der Waals surface area contributed by atoms with Gasteiger partial charge in [0.25, 0.3) is 0 Å². The van der Waals surface area contributed by atoms with Gasteiger partial charge < -0.3 is 9.30 Å². The second kappa shape index (κ2) is 8.34. The number of ether oxygens (including phenoxy) is 1. The van der Waals surface area contributed by atoms with E-state index in [9.17, 15) is 18.0 Å². The molecule has 2 aromatic carbocycles. The number of aryl methyl sites for hydroxylation is 3. The van der Waals surface area contributed by atoms with Gasteiger partial charge in [-0.15, -0.1) is 13.2 Å². The molecule has 1 aliphatic rings. The Morgan fingerprint density at radius 2 is 1.90 bits per heavy atom. The average Bonchev–Trinajstić information content (AvgIpc) is 3.28. The molecule has 0 amide bonds. The topological polar surface area (TPSA) is 44.1 Å². The van der Waals surface area contributed by atoms with E-state index in [0.29, 0.717) is 18.4 Å². The Labute approximate surface area is 172 Å². The molecule has 0 radical (unpaired) electrons. The monoisotopic (exact) mass is 414 g/mol. The van der Waals surface area contributed by atoms with Gasteiger partial charge >= 0.3 is 6.36 Å². The summed E-state index contributed by atoms with van der Waals surface area (Å²) in [7, 11) is 0. The number of aromatic nitrogens is 2. The standard InChI is InChI=1S/C23H21F3N2O2/c24-23(25,26)30-20-7-2-5-17(14-20)13-19(29)10-9-16-4-1-6-18(12-16)21-15-28-11-3-8-22(28)27-21/h1-2,4-7,12,14-15H,3,8-11,13H2. The van der Waals surface area contributed by atoms with Gasteiger partial charge in [0.1, 0.15) is 17.4 Å². The molecule has 4 nitrogen and oxygen atoms in total. The van der Waals surface area contributed by atoms with E-state index < -0.39 is 6.36 Å². The van der Waals surface area contributed by atoms with Crippen LogP contribution in [0, 0.1) is 0 Å². The number of imidazole rings is 1. The van der Waals surface area contributed by atoms with Crippen molar-refractivity contribution in [1.29, 1.82) is 0 Å². The van der Waals surface area contributed by atoms with Crippen LogP contribution in [-0.2, 0) is 30.6 Å². The molecule has 0 bridgehead atoms. The van der Waals surface area contributed by atoms with Crippen molar-refractivity contribution >= 4 is 5.78 Å². The molecular formula is C23H21F3N2O2. The summed E-state index contributed by atoms with van der Waals surface area (Å²) in [5.74, 6) is 0.764. The number of benzene rings is 2. The zero-order chi connectivity index (χ0) is 21.1. The van der Waals surface area contributed by atoms with Crippen LogP contribution in [0.4, 0.5) is 13.2 Å². The van der Waals surface area contributed by atoms with E-state index in [1.54, 1.807) is 6.07 Å². The molecule has 0 unspecified atom stereocenters. The minimum atomic E-state index is -4.75. The fourth-order valence-corrected chi connectivity index (χ4v) is 3.73. The Bertz CT molecular complexity index is 1040. The quantitative estimate of drug-likeness (QED) is 0.538. The molecule has 0 saturated heterocycles. The molecule has 4 rings (SSSR count). The third-order valence-electron chi connectivity index (χ3n) is 5.11. The summed E-state index contributed by atoms with van der Waals surface area (Å²) in [6.45, 7) is 1.01. The average molecular weight is 414 g/mol. The van der Waals surface area contributed by atoms with Crippen molar-refractivity contribution in [1.82, 2.24) is 9.55 Å². The van der Waals surface area contributed by atoms with Gasteiger partial charge in [-0.25, -0.2) is 4.98 Å². The van der Waals surface area contributed by atoms with E-state index in [1.807, 2.05) is 24.3 Å². The minimum absolute atomic E-state index is 0.0365. The molecule has 0 N–H and O–H groups in total. The molecule has 0 fully saturated rings. The van der Waals surface area contributed by atoms with E-state index in [1.165, 1.54) is 18.2 Å². The third-order valence-corrected chi connectivity index (χ3v) is 5.11. The number of ketones is 1. The van der Waals surface area contributed by atoms with Crippen LogP contribution < -0.4 is 4.74 Å². The zero-order valence-corrected chi connectivity index (χ0v) is 16.3. The Kier molecular flexibility index (Phi) is 5.61. The van der Waals surface area contributed by atoms with Gasteiger partial charge in [-0.05, 0) is 42.2 Å².